The van der Waals surface area contributed by atoms with Crippen molar-refractivity contribution in [1.82, 2.24) is 0 Å². The number of carbonyl (C=O) groups excluding carboxylic acids is 1. The molecule has 0 aromatic carbocycles. The molecule has 0 amide bonds. The lowest BCUT2D eigenvalue weighted by Crippen LogP contribution is -2.73. The molecule has 2 unspecified atom stereocenters. The molecule has 2 saturated carbocycles. The molecule has 4 heterocycles. The zero-order valence-electron chi connectivity index (χ0n) is 15.6. The van der Waals surface area contributed by atoms with Gasteiger partial charge in [0.15, 0.2) is 11.8 Å². The molecule has 5 fully saturated rings. The lowest BCUT2D eigenvalue weighted by molar-refractivity contribution is -0.153. The molecule has 0 aromatic heterocycles. The number of ether oxygens (including phenoxy) is 4. The number of fused-ring (bicyclic) bond motifs is 4. The van der Waals surface area contributed by atoms with E-state index in [-0.39, 0.29) is 37.1 Å². The van der Waals surface area contributed by atoms with Gasteiger partial charge in [-0.05, 0) is 18.8 Å². The third-order valence-corrected chi connectivity index (χ3v) is 9.21. The molecule has 146 valence electrons. The van der Waals surface area contributed by atoms with E-state index in [4.69, 9.17) is 18.9 Å². The zero-order chi connectivity index (χ0) is 18.8. The van der Waals surface area contributed by atoms with Crippen LogP contribution in [0.1, 0.15) is 40.0 Å². The van der Waals surface area contributed by atoms with Crippen LogP contribution in [0, 0.1) is 11.3 Å². The van der Waals surface area contributed by atoms with Crippen molar-refractivity contribution in [1.29, 1.82) is 0 Å². The molecular formula is C20H23FO6. The zero-order valence-corrected chi connectivity index (χ0v) is 15.6. The van der Waals surface area contributed by atoms with Crippen molar-refractivity contribution in [3.8, 4) is 0 Å². The summed E-state index contributed by atoms with van der Waals surface area (Å²) in [4.78, 5) is 12.1. The van der Waals surface area contributed by atoms with Crippen LogP contribution in [-0.2, 0) is 23.7 Å². The first-order valence-electron chi connectivity index (χ1n) is 10.0. The van der Waals surface area contributed by atoms with Gasteiger partial charge in [0.25, 0.3) is 0 Å². The van der Waals surface area contributed by atoms with E-state index in [9.17, 15) is 9.90 Å². The van der Waals surface area contributed by atoms with E-state index in [1.165, 1.54) is 0 Å². The molecule has 0 bridgehead atoms. The number of alkyl halides is 1. The third kappa shape index (κ3) is 1.20. The number of hydrogen-bond donors (Lipinski definition) is 1. The highest BCUT2D eigenvalue weighted by atomic mass is 19.1. The first-order valence-corrected chi connectivity index (χ1v) is 10.0. The van der Waals surface area contributed by atoms with E-state index in [0.717, 1.165) is 0 Å². The van der Waals surface area contributed by atoms with Gasteiger partial charge in [0.2, 0.25) is 0 Å². The quantitative estimate of drug-likeness (QED) is 0.545. The van der Waals surface area contributed by atoms with Gasteiger partial charge in [0.1, 0.15) is 35.6 Å². The topological polar surface area (TPSA) is 84.1 Å². The average molecular weight is 378 g/mol. The van der Waals surface area contributed by atoms with Gasteiger partial charge >= 0.3 is 5.97 Å². The van der Waals surface area contributed by atoms with Crippen LogP contribution in [0.25, 0.3) is 0 Å². The summed E-state index contributed by atoms with van der Waals surface area (Å²) in [6.45, 7) is 6.05. The van der Waals surface area contributed by atoms with Crippen molar-refractivity contribution in [2.45, 2.75) is 86.9 Å². The summed E-state index contributed by atoms with van der Waals surface area (Å²) in [5.41, 5.74) is -3.57. The van der Waals surface area contributed by atoms with Crippen LogP contribution in [0.5, 0.6) is 0 Å². The van der Waals surface area contributed by atoms with E-state index in [1.807, 2.05) is 20.8 Å². The SMILES string of the molecule is CC(C)[C@]12O[C@H]1[C@@H]1OC13C1(O[C@H]1C[C@@]1(O)C4=C(CC[C@]31C)C(=O)OC4)[C@H]2F. The number of esters is 1. The van der Waals surface area contributed by atoms with Gasteiger partial charge in [0, 0.05) is 23.0 Å². The fourth-order valence-corrected chi connectivity index (χ4v) is 7.63. The van der Waals surface area contributed by atoms with Crippen molar-refractivity contribution in [3.63, 3.8) is 0 Å². The predicted molar refractivity (Wildman–Crippen MR) is 87.4 cm³/mol. The third-order valence-electron chi connectivity index (χ3n) is 9.21. The first-order chi connectivity index (χ1) is 12.7. The van der Waals surface area contributed by atoms with E-state index in [2.05, 4.69) is 0 Å². The van der Waals surface area contributed by atoms with Gasteiger partial charge in [-0.25, -0.2) is 9.18 Å². The molecule has 7 heteroatoms. The number of epoxide rings is 3. The summed E-state index contributed by atoms with van der Waals surface area (Å²) in [6, 6.07) is 0. The minimum absolute atomic E-state index is 0.0223. The molecule has 1 N–H and O–H groups in total. The minimum Gasteiger partial charge on any atom is -0.458 e. The molecule has 3 aliphatic carbocycles. The fourth-order valence-electron chi connectivity index (χ4n) is 7.63. The lowest BCUT2D eigenvalue weighted by atomic mass is 9.45. The number of halogens is 1. The Morgan fingerprint density at radius 1 is 1.22 bits per heavy atom. The van der Waals surface area contributed by atoms with E-state index in [1.54, 1.807) is 0 Å². The smallest absolute Gasteiger partial charge is 0.334 e. The Labute approximate surface area is 156 Å². The van der Waals surface area contributed by atoms with Crippen molar-refractivity contribution in [2.75, 3.05) is 6.61 Å². The minimum atomic E-state index is -1.28. The first kappa shape index (κ1) is 15.9. The molecule has 27 heavy (non-hydrogen) atoms. The highest BCUT2D eigenvalue weighted by Crippen LogP contribution is 2.84. The Bertz CT molecular complexity index is 871. The van der Waals surface area contributed by atoms with E-state index < -0.39 is 40.1 Å². The highest BCUT2D eigenvalue weighted by molar-refractivity contribution is 5.93. The summed E-state index contributed by atoms with van der Waals surface area (Å²) >= 11 is 0. The maximum atomic E-state index is 16.0. The van der Waals surface area contributed by atoms with Crippen LogP contribution in [0.2, 0.25) is 0 Å². The van der Waals surface area contributed by atoms with Gasteiger partial charge in [0.05, 0.1) is 6.10 Å². The van der Waals surface area contributed by atoms with Crippen LogP contribution in [-0.4, -0.2) is 64.6 Å². The number of hydrogen-bond acceptors (Lipinski definition) is 6. The molecule has 9 atom stereocenters. The Balaban J connectivity index is 1.42. The number of aliphatic hydroxyl groups is 1. The molecule has 0 radical (unpaired) electrons. The second kappa shape index (κ2) is 3.86. The van der Waals surface area contributed by atoms with Gasteiger partial charge in [-0.15, -0.1) is 0 Å². The summed E-state index contributed by atoms with van der Waals surface area (Å²) < 4.78 is 39.7. The Morgan fingerprint density at radius 2 is 2.00 bits per heavy atom. The Kier molecular flexibility index (Phi) is 2.27. The second-order valence-corrected chi connectivity index (χ2v) is 10.0. The summed E-state index contributed by atoms with van der Waals surface area (Å²) in [6.07, 6.45) is -0.942. The maximum Gasteiger partial charge on any atom is 0.334 e. The number of carbonyl (C=O) groups is 1. The summed E-state index contributed by atoms with van der Waals surface area (Å²) in [5, 5.41) is 11.9. The van der Waals surface area contributed by atoms with Crippen LogP contribution in [0.15, 0.2) is 11.1 Å². The molecular weight excluding hydrogens is 355 g/mol. The highest BCUT2D eigenvalue weighted by Gasteiger charge is 3.02. The lowest BCUT2D eigenvalue weighted by Gasteiger charge is -2.57. The Hall–Kier alpha value is -1.02. The second-order valence-electron chi connectivity index (χ2n) is 10.0. The number of cyclic esters (lactones) is 1. The predicted octanol–water partition coefficient (Wildman–Crippen LogP) is 1.20. The maximum absolute atomic E-state index is 16.0. The normalized spacial score (nSPS) is 64.0. The molecule has 0 aromatic rings. The van der Waals surface area contributed by atoms with Crippen LogP contribution >= 0.6 is 0 Å². The molecule has 4 aliphatic heterocycles. The van der Waals surface area contributed by atoms with Gasteiger partial charge in [-0.1, -0.05) is 20.8 Å². The van der Waals surface area contributed by atoms with Gasteiger partial charge < -0.3 is 24.1 Å². The largest absolute Gasteiger partial charge is 0.458 e. The standard InChI is InChI=1S/C20H23FO6/c1-8(2)18-12(26-18)13-20(27-13)16(3)5-4-9-10(7-24-14(9)22)17(16,23)6-11-19(20,25-11)15(18)21/h8,11-13,15,23H,4-7H2,1-3H3/t11-,12-,13-,15-,16-,17+,18-,19?,20?/m0/s1. The molecule has 6 nitrogen and oxygen atoms in total. The Morgan fingerprint density at radius 3 is 2.74 bits per heavy atom. The van der Waals surface area contributed by atoms with Crippen molar-refractivity contribution >= 4 is 5.97 Å². The summed E-state index contributed by atoms with van der Waals surface area (Å²) in [5.74, 6) is -0.315. The van der Waals surface area contributed by atoms with Crippen LogP contribution in [0.3, 0.4) is 0 Å². The fraction of sp³-hybridized carbons (Fsp3) is 0.850. The van der Waals surface area contributed by atoms with Crippen LogP contribution in [0.4, 0.5) is 4.39 Å². The van der Waals surface area contributed by atoms with Crippen molar-refractivity contribution < 1.29 is 33.2 Å². The van der Waals surface area contributed by atoms with Crippen molar-refractivity contribution in [3.05, 3.63) is 11.1 Å². The monoisotopic (exact) mass is 378 g/mol. The molecule has 7 rings (SSSR count). The summed E-state index contributed by atoms with van der Waals surface area (Å²) in [7, 11) is 0. The van der Waals surface area contributed by atoms with Gasteiger partial charge in [-0.2, -0.15) is 0 Å². The number of rotatable bonds is 1. The van der Waals surface area contributed by atoms with Gasteiger partial charge in [-0.3, -0.25) is 0 Å². The van der Waals surface area contributed by atoms with Crippen LogP contribution < -0.4 is 0 Å². The average Bonchev–Trinajstić information content (AvgIpc) is 3.49. The molecule has 2 spiro atoms. The molecule has 3 saturated heterocycles. The van der Waals surface area contributed by atoms with Crippen molar-refractivity contribution in [2.24, 2.45) is 11.3 Å². The van der Waals surface area contributed by atoms with E-state index in [0.29, 0.717) is 24.0 Å². The molecule has 7 aliphatic rings. The van der Waals surface area contributed by atoms with E-state index >= 15 is 4.39 Å².